The fraction of sp³-hybridized carbons (Fsp3) is 0.111. The monoisotopic (exact) mass is 400 g/mol. The number of primary amides is 1. The van der Waals surface area contributed by atoms with Crippen LogP contribution in [0.4, 0.5) is 5.95 Å². The lowest BCUT2D eigenvalue weighted by molar-refractivity contribution is -0.115. The van der Waals surface area contributed by atoms with Crippen LogP contribution >= 0.6 is 23.2 Å². The third-order valence-electron chi connectivity index (χ3n) is 4.31. The highest BCUT2D eigenvalue weighted by atomic mass is 35.5. The summed E-state index contributed by atoms with van der Waals surface area (Å²) in [5.41, 5.74) is 8.08. The van der Waals surface area contributed by atoms with Crippen molar-refractivity contribution in [2.75, 3.05) is 5.32 Å². The van der Waals surface area contributed by atoms with Crippen molar-refractivity contribution < 1.29 is 4.79 Å². The first-order chi connectivity index (χ1) is 13.0. The van der Waals surface area contributed by atoms with Crippen LogP contribution in [0.3, 0.4) is 0 Å². The van der Waals surface area contributed by atoms with Crippen molar-refractivity contribution in [3.8, 4) is 11.4 Å². The highest BCUT2D eigenvalue weighted by Gasteiger charge is 2.34. The van der Waals surface area contributed by atoms with Gasteiger partial charge in [-0.05, 0) is 31.2 Å². The van der Waals surface area contributed by atoms with Gasteiger partial charge < -0.3 is 11.1 Å². The van der Waals surface area contributed by atoms with Gasteiger partial charge in [0.1, 0.15) is 6.04 Å². The van der Waals surface area contributed by atoms with Gasteiger partial charge in [-0.25, -0.2) is 4.68 Å². The molecule has 0 aliphatic carbocycles. The molecule has 4 rings (SSSR count). The summed E-state index contributed by atoms with van der Waals surface area (Å²) in [7, 11) is 0. The Morgan fingerprint density at radius 3 is 2.63 bits per heavy atom. The zero-order chi connectivity index (χ0) is 19.1. The van der Waals surface area contributed by atoms with Crippen molar-refractivity contribution in [2.24, 2.45) is 5.73 Å². The zero-order valence-electron chi connectivity index (χ0n) is 14.1. The Kier molecular flexibility index (Phi) is 4.33. The van der Waals surface area contributed by atoms with Gasteiger partial charge in [0.2, 0.25) is 11.9 Å². The number of hydrogen-bond donors (Lipinski definition) is 2. The van der Waals surface area contributed by atoms with E-state index >= 15 is 0 Å². The Morgan fingerprint density at radius 2 is 1.96 bits per heavy atom. The van der Waals surface area contributed by atoms with E-state index in [9.17, 15) is 4.79 Å². The molecule has 0 saturated heterocycles. The number of pyridine rings is 1. The maximum absolute atomic E-state index is 12.2. The molecule has 1 aromatic carbocycles. The minimum Gasteiger partial charge on any atom is -0.366 e. The number of benzene rings is 1. The maximum atomic E-state index is 12.2. The van der Waals surface area contributed by atoms with Crippen LogP contribution in [0.5, 0.6) is 0 Å². The molecular formula is C18H14Cl2N6O. The quantitative estimate of drug-likeness (QED) is 0.701. The van der Waals surface area contributed by atoms with Gasteiger partial charge in [0, 0.05) is 39.3 Å². The first-order valence-electron chi connectivity index (χ1n) is 8.05. The molecule has 0 radical (unpaired) electrons. The minimum atomic E-state index is -0.619. The van der Waals surface area contributed by atoms with Crippen LogP contribution < -0.4 is 11.1 Å². The Labute approximate surface area is 164 Å². The normalized spacial score (nSPS) is 16.0. The summed E-state index contributed by atoms with van der Waals surface area (Å²) in [5, 5.41) is 8.59. The van der Waals surface area contributed by atoms with Gasteiger partial charge in [-0.15, -0.1) is 5.10 Å². The molecule has 0 fully saturated rings. The second-order valence-corrected chi connectivity index (χ2v) is 6.88. The third-order valence-corrected chi connectivity index (χ3v) is 4.88. The number of amides is 1. The van der Waals surface area contributed by atoms with Crippen molar-refractivity contribution in [1.82, 2.24) is 19.7 Å². The molecule has 1 atom stereocenters. The van der Waals surface area contributed by atoms with E-state index in [2.05, 4.69) is 20.4 Å². The topological polar surface area (TPSA) is 98.7 Å². The summed E-state index contributed by atoms with van der Waals surface area (Å²) >= 11 is 12.4. The Balaban J connectivity index is 1.92. The van der Waals surface area contributed by atoms with Crippen LogP contribution in [0.2, 0.25) is 10.0 Å². The zero-order valence-corrected chi connectivity index (χ0v) is 15.7. The standard InChI is InChI=1S/C18H14Cl2N6O/c1-9-14(16(21)27)15(12-3-2-11(19)8-13(12)20)26-18(23-9)24-17(25-26)10-4-6-22-7-5-10/h2-8,15H,1H3,(H2,21,27)(H,23,24,25). The van der Waals surface area contributed by atoms with E-state index in [1.165, 1.54) is 0 Å². The summed E-state index contributed by atoms with van der Waals surface area (Å²) in [5.74, 6) is 0.413. The van der Waals surface area contributed by atoms with Crippen molar-refractivity contribution >= 4 is 35.1 Å². The molecule has 7 nitrogen and oxygen atoms in total. The highest BCUT2D eigenvalue weighted by Crippen LogP contribution is 2.39. The number of fused-ring (bicyclic) bond motifs is 1. The minimum absolute atomic E-state index is 0.359. The molecule has 1 aliphatic rings. The number of carbonyl (C=O) groups is 1. The fourth-order valence-corrected chi connectivity index (χ4v) is 3.62. The van der Waals surface area contributed by atoms with E-state index in [4.69, 9.17) is 28.9 Å². The number of nitrogens with two attached hydrogens (primary N) is 1. The van der Waals surface area contributed by atoms with Gasteiger partial charge >= 0.3 is 0 Å². The van der Waals surface area contributed by atoms with Crippen LogP contribution in [0, 0.1) is 0 Å². The molecule has 1 unspecified atom stereocenters. The number of aromatic nitrogens is 4. The molecule has 3 N–H and O–H groups in total. The second-order valence-electron chi connectivity index (χ2n) is 6.04. The smallest absolute Gasteiger partial charge is 0.248 e. The molecule has 136 valence electrons. The van der Waals surface area contributed by atoms with E-state index in [1.807, 2.05) is 0 Å². The fourth-order valence-electron chi connectivity index (χ4n) is 3.10. The lowest BCUT2D eigenvalue weighted by Gasteiger charge is -2.28. The summed E-state index contributed by atoms with van der Waals surface area (Å²) in [6.45, 7) is 1.77. The molecule has 0 saturated carbocycles. The molecule has 0 spiro atoms. The van der Waals surface area contributed by atoms with Crippen molar-refractivity contribution in [3.63, 3.8) is 0 Å². The molecular weight excluding hydrogens is 387 g/mol. The number of carbonyl (C=O) groups excluding carboxylic acids is 1. The summed E-state index contributed by atoms with van der Waals surface area (Å²) < 4.78 is 1.61. The van der Waals surface area contributed by atoms with Crippen LogP contribution in [0.15, 0.2) is 54.0 Å². The largest absolute Gasteiger partial charge is 0.366 e. The molecule has 27 heavy (non-hydrogen) atoms. The van der Waals surface area contributed by atoms with Gasteiger partial charge in [-0.3, -0.25) is 9.78 Å². The Bertz CT molecular complexity index is 1080. The summed E-state index contributed by atoms with van der Waals surface area (Å²) in [6.07, 6.45) is 3.32. The van der Waals surface area contributed by atoms with Crippen molar-refractivity contribution in [2.45, 2.75) is 13.0 Å². The third kappa shape index (κ3) is 3.05. The molecule has 1 amide bonds. The van der Waals surface area contributed by atoms with E-state index in [-0.39, 0.29) is 0 Å². The molecule has 3 aromatic rings. The number of nitrogens with zero attached hydrogens (tertiary/aromatic N) is 4. The predicted octanol–water partition coefficient (Wildman–Crippen LogP) is 3.42. The van der Waals surface area contributed by atoms with Gasteiger partial charge in [-0.2, -0.15) is 4.98 Å². The average molecular weight is 401 g/mol. The number of halogens is 2. The van der Waals surface area contributed by atoms with Gasteiger partial charge in [-0.1, -0.05) is 29.3 Å². The van der Waals surface area contributed by atoms with E-state index in [0.29, 0.717) is 38.7 Å². The number of hydrogen-bond acceptors (Lipinski definition) is 5. The SMILES string of the molecule is CC1=C(C(N)=O)C(c2ccc(Cl)cc2Cl)n2nc(-c3ccncc3)nc2N1. The summed E-state index contributed by atoms with van der Waals surface area (Å²) in [4.78, 5) is 20.7. The number of anilines is 1. The lowest BCUT2D eigenvalue weighted by atomic mass is 9.95. The molecule has 1 aliphatic heterocycles. The number of allylic oxidation sites excluding steroid dienone is 1. The Morgan fingerprint density at radius 1 is 1.22 bits per heavy atom. The average Bonchev–Trinajstić information content (AvgIpc) is 3.05. The van der Waals surface area contributed by atoms with Crippen LogP contribution in [0.1, 0.15) is 18.5 Å². The summed E-state index contributed by atoms with van der Waals surface area (Å²) in [6, 6.07) is 8.08. The van der Waals surface area contributed by atoms with Gasteiger partial charge in [0.15, 0.2) is 5.82 Å². The Hall–Kier alpha value is -2.90. The predicted molar refractivity (Wildman–Crippen MR) is 103 cm³/mol. The van der Waals surface area contributed by atoms with Gasteiger partial charge in [0.25, 0.3) is 0 Å². The molecule has 2 aromatic heterocycles. The van der Waals surface area contributed by atoms with Crippen molar-refractivity contribution in [3.05, 3.63) is 69.6 Å². The highest BCUT2D eigenvalue weighted by molar-refractivity contribution is 6.35. The number of nitrogens with one attached hydrogen (secondary N) is 1. The molecule has 9 heteroatoms. The van der Waals surface area contributed by atoms with Crippen LogP contribution in [0.25, 0.3) is 11.4 Å². The second kappa shape index (κ2) is 6.68. The number of rotatable bonds is 3. The van der Waals surface area contributed by atoms with E-state index in [0.717, 1.165) is 5.56 Å². The van der Waals surface area contributed by atoms with Crippen LogP contribution in [-0.4, -0.2) is 25.7 Å². The van der Waals surface area contributed by atoms with Crippen molar-refractivity contribution in [1.29, 1.82) is 0 Å². The van der Waals surface area contributed by atoms with Gasteiger partial charge in [0.05, 0.1) is 5.57 Å². The lowest BCUT2D eigenvalue weighted by Crippen LogP contribution is -2.32. The van der Waals surface area contributed by atoms with E-state index in [1.54, 1.807) is 54.3 Å². The molecule has 0 bridgehead atoms. The molecule has 3 heterocycles. The van der Waals surface area contributed by atoms with Crippen LogP contribution in [-0.2, 0) is 4.79 Å². The first kappa shape index (κ1) is 17.5. The maximum Gasteiger partial charge on any atom is 0.248 e. The first-order valence-corrected chi connectivity index (χ1v) is 8.81. The van der Waals surface area contributed by atoms with E-state index < -0.39 is 11.9 Å².